The average molecular weight is 189 g/mol. The van der Waals surface area contributed by atoms with Gasteiger partial charge in [-0.2, -0.15) is 0 Å². The maximum absolute atomic E-state index is 10.8. The van der Waals surface area contributed by atoms with Crippen molar-refractivity contribution >= 4 is 5.97 Å². The minimum Gasteiger partial charge on any atom is -0.469 e. The molecule has 5 nitrogen and oxygen atoms in total. The molecule has 0 spiro atoms. The number of esters is 1. The maximum Gasteiger partial charge on any atom is 0.306 e. The van der Waals surface area contributed by atoms with Crippen LogP contribution in [0.5, 0.6) is 0 Å². The number of ether oxygens (including phenoxy) is 1. The van der Waals surface area contributed by atoms with Crippen LogP contribution < -0.4 is 11.5 Å². The Morgan fingerprint density at radius 1 is 1.23 bits per heavy atom. The van der Waals surface area contributed by atoms with Crippen LogP contribution in [0.4, 0.5) is 0 Å². The molecular weight excluding hydrogens is 170 g/mol. The Balaban J connectivity index is 3.61. The number of rotatable bonds is 7. The lowest BCUT2D eigenvalue weighted by atomic mass is 10.3. The molecule has 0 amide bonds. The van der Waals surface area contributed by atoms with Gasteiger partial charge in [-0.15, -0.1) is 0 Å². The van der Waals surface area contributed by atoms with Gasteiger partial charge in [0, 0.05) is 32.7 Å². The molecule has 4 N–H and O–H groups in total. The van der Waals surface area contributed by atoms with Gasteiger partial charge >= 0.3 is 5.97 Å². The van der Waals surface area contributed by atoms with Crippen molar-refractivity contribution in [3.63, 3.8) is 0 Å². The molecule has 0 aliphatic carbocycles. The zero-order chi connectivity index (χ0) is 10.1. The highest BCUT2D eigenvalue weighted by Gasteiger charge is 2.06. The molecule has 0 rings (SSSR count). The summed E-state index contributed by atoms with van der Waals surface area (Å²) in [6.07, 6.45) is 0.399. The van der Waals surface area contributed by atoms with Crippen LogP contribution >= 0.6 is 0 Å². The van der Waals surface area contributed by atoms with Crippen molar-refractivity contribution in [1.82, 2.24) is 4.90 Å². The second-order valence-corrected chi connectivity index (χ2v) is 2.75. The molecule has 0 saturated carbocycles. The van der Waals surface area contributed by atoms with E-state index >= 15 is 0 Å². The van der Waals surface area contributed by atoms with Gasteiger partial charge in [-0.3, -0.25) is 4.79 Å². The van der Waals surface area contributed by atoms with Gasteiger partial charge in [-0.1, -0.05) is 0 Å². The van der Waals surface area contributed by atoms with E-state index in [0.29, 0.717) is 26.1 Å². The summed E-state index contributed by atoms with van der Waals surface area (Å²) in [5.74, 6) is -0.195. The zero-order valence-corrected chi connectivity index (χ0v) is 8.16. The Morgan fingerprint density at radius 3 is 2.15 bits per heavy atom. The van der Waals surface area contributed by atoms with Crippen LogP contribution in [0, 0.1) is 0 Å². The first kappa shape index (κ1) is 12.3. The number of hydrogen-bond acceptors (Lipinski definition) is 5. The SMILES string of the molecule is COC(=O)CCN(CCN)CCN. The number of methoxy groups -OCH3 is 1. The number of hydrogen-bond donors (Lipinski definition) is 2. The fourth-order valence-electron chi connectivity index (χ4n) is 1.05. The average Bonchev–Trinajstić information content (AvgIpc) is 2.14. The Bertz CT molecular complexity index is 135. The van der Waals surface area contributed by atoms with E-state index < -0.39 is 0 Å². The van der Waals surface area contributed by atoms with Gasteiger partial charge in [0.25, 0.3) is 0 Å². The van der Waals surface area contributed by atoms with Crippen molar-refractivity contribution in [2.75, 3.05) is 39.8 Å². The van der Waals surface area contributed by atoms with Crippen molar-refractivity contribution in [3.8, 4) is 0 Å². The van der Waals surface area contributed by atoms with Gasteiger partial charge in [-0.05, 0) is 0 Å². The third-order valence-electron chi connectivity index (χ3n) is 1.75. The molecule has 0 aliphatic rings. The third-order valence-corrected chi connectivity index (χ3v) is 1.75. The quantitative estimate of drug-likeness (QED) is 0.490. The maximum atomic E-state index is 10.8. The predicted octanol–water partition coefficient (Wildman–Crippen LogP) is -1.23. The fourth-order valence-corrected chi connectivity index (χ4v) is 1.05. The summed E-state index contributed by atoms with van der Waals surface area (Å²) >= 11 is 0. The molecule has 0 saturated heterocycles. The highest BCUT2D eigenvalue weighted by Crippen LogP contribution is 1.91. The summed E-state index contributed by atoms with van der Waals surface area (Å²) in [6, 6.07) is 0. The third kappa shape index (κ3) is 6.51. The number of nitrogens with zero attached hydrogens (tertiary/aromatic N) is 1. The van der Waals surface area contributed by atoms with E-state index in [-0.39, 0.29) is 5.97 Å². The second-order valence-electron chi connectivity index (χ2n) is 2.75. The molecule has 0 aliphatic heterocycles. The number of carbonyl (C=O) groups is 1. The molecule has 0 unspecified atom stereocenters. The van der Waals surface area contributed by atoms with Gasteiger partial charge in [0.15, 0.2) is 0 Å². The summed E-state index contributed by atoms with van der Waals surface area (Å²) in [7, 11) is 1.39. The van der Waals surface area contributed by atoms with Gasteiger partial charge in [-0.25, -0.2) is 0 Å². The van der Waals surface area contributed by atoms with E-state index in [2.05, 4.69) is 9.64 Å². The summed E-state index contributed by atoms with van der Waals surface area (Å²) < 4.78 is 4.53. The van der Waals surface area contributed by atoms with E-state index in [4.69, 9.17) is 11.5 Å². The first-order valence-electron chi connectivity index (χ1n) is 4.44. The van der Waals surface area contributed by atoms with Crippen molar-refractivity contribution in [1.29, 1.82) is 0 Å². The molecule has 0 atom stereocenters. The molecule has 0 fully saturated rings. The largest absolute Gasteiger partial charge is 0.469 e. The summed E-state index contributed by atoms with van der Waals surface area (Å²) in [4.78, 5) is 12.9. The molecule has 0 aromatic heterocycles. The van der Waals surface area contributed by atoms with E-state index in [1.165, 1.54) is 7.11 Å². The normalized spacial score (nSPS) is 10.5. The molecule has 0 bridgehead atoms. The fraction of sp³-hybridized carbons (Fsp3) is 0.875. The molecule has 0 heterocycles. The first-order chi connectivity index (χ1) is 6.24. The Kier molecular flexibility index (Phi) is 7.57. The molecule has 0 aromatic rings. The van der Waals surface area contributed by atoms with Gasteiger partial charge < -0.3 is 21.1 Å². The lowest BCUT2D eigenvalue weighted by molar-refractivity contribution is -0.140. The smallest absolute Gasteiger partial charge is 0.306 e. The van der Waals surface area contributed by atoms with Crippen LogP contribution in [0.2, 0.25) is 0 Å². The summed E-state index contributed by atoms with van der Waals surface area (Å²) in [5, 5.41) is 0. The van der Waals surface area contributed by atoms with Crippen molar-refractivity contribution < 1.29 is 9.53 Å². The van der Waals surface area contributed by atoms with Crippen molar-refractivity contribution in [2.45, 2.75) is 6.42 Å². The molecular formula is C8H19N3O2. The van der Waals surface area contributed by atoms with E-state index in [0.717, 1.165) is 13.1 Å². The van der Waals surface area contributed by atoms with Crippen molar-refractivity contribution in [3.05, 3.63) is 0 Å². The Morgan fingerprint density at radius 2 is 1.77 bits per heavy atom. The van der Waals surface area contributed by atoms with Crippen LogP contribution in [0.15, 0.2) is 0 Å². The van der Waals surface area contributed by atoms with Crippen LogP contribution in [-0.4, -0.2) is 50.7 Å². The molecule has 5 heteroatoms. The van der Waals surface area contributed by atoms with Crippen LogP contribution in [0.1, 0.15) is 6.42 Å². The minimum atomic E-state index is -0.195. The highest BCUT2D eigenvalue weighted by atomic mass is 16.5. The minimum absolute atomic E-state index is 0.195. The van der Waals surface area contributed by atoms with Gasteiger partial charge in [0.1, 0.15) is 0 Å². The Hall–Kier alpha value is -0.650. The van der Waals surface area contributed by atoms with Crippen LogP contribution in [0.25, 0.3) is 0 Å². The van der Waals surface area contributed by atoms with Gasteiger partial charge in [0.05, 0.1) is 13.5 Å². The summed E-state index contributed by atoms with van der Waals surface area (Å²) in [5.41, 5.74) is 10.8. The van der Waals surface area contributed by atoms with Crippen LogP contribution in [-0.2, 0) is 9.53 Å². The highest BCUT2D eigenvalue weighted by molar-refractivity contribution is 5.69. The van der Waals surface area contributed by atoms with Crippen LogP contribution in [0.3, 0.4) is 0 Å². The molecule has 13 heavy (non-hydrogen) atoms. The molecule has 0 aromatic carbocycles. The number of nitrogens with two attached hydrogens (primary N) is 2. The van der Waals surface area contributed by atoms with E-state index in [1.54, 1.807) is 0 Å². The topological polar surface area (TPSA) is 81.6 Å². The number of carbonyl (C=O) groups excluding carboxylic acids is 1. The van der Waals surface area contributed by atoms with Crippen molar-refractivity contribution in [2.24, 2.45) is 11.5 Å². The summed E-state index contributed by atoms with van der Waals surface area (Å²) in [6.45, 7) is 3.38. The standard InChI is InChI=1S/C8H19N3O2/c1-13-8(12)2-5-11(6-3-9)7-4-10/h2-7,9-10H2,1H3. The zero-order valence-electron chi connectivity index (χ0n) is 8.16. The molecule has 0 radical (unpaired) electrons. The second kappa shape index (κ2) is 7.97. The molecule has 78 valence electrons. The predicted molar refractivity (Wildman–Crippen MR) is 51.2 cm³/mol. The monoisotopic (exact) mass is 189 g/mol. The lowest BCUT2D eigenvalue weighted by Crippen LogP contribution is -2.35. The lowest BCUT2D eigenvalue weighted by Gasteiger charge is -2.19. The Labute approximate surface area is 79.0 Å². The van der Waals surface area contributed by atoms with E-state index in [9.17, 15) is 4.79 Å². The van der Waals surface area contributed by atoms with Gasteiger partial charge in [0.2, 0.25) is 0 Å². The first-order valence-corrected chi connectivity index (χ1v) is 4.44. The van der Waals surface area contributed by atoms with E-state index in [1.807, 2.05) is 0 Å².